The van der Waals surface area contributed by atoms with Crippen molar-refractivity contribution in [1.82, 2.24) is 9.78 Å². The molecule has 5 rings (SSSR count). The first-order valence-electron chi connectivity index (χ1n) is 12.8. The van der Waals surface area contributed by atoms with Crippen LogP contribution in [0.4, 0.5) is 0 Å². The Kier molecular flexibility index (Phi) is 7.46. The van der Waals surface area contributed by atoms with Crippen molar-refractivity contribution in [2.24, 2.45) is 0 Å². The second-order valence-corrected chi connectivity index (χ2v) is 9.53. The van der Waals surface area contributed by atoms with E-state index < -0.39 is 5.97 Å². The van der Waals surface area contributed by atoms with Crippen molar-refractivity contribution in [1.29, 1.82) is 0 Å². The second kappa shape index (κ2) is 11.3. The lowest BCUT2D eigenvalue weighted by molar-refractivity contribution is -0.139. The number of hydrogen-bond acceptors (Lipinski definition) is 3. The van der Waals surface area contributed by atoms with E-state index >= 15 is 0 Å². The summed E-state index contributed by atoms with van der Waals surface area (Å²) in [6.45, 7) is 0.576. The van der Waals surface area contributed by atoms with Gasteiger partial charge in [0.2, 0.25) is 0 Å². The largest absolute Gasteiger partial charge is 0.482 e. The van der Waals surface area contributed by atoms with Crippen LogP contribution in [-0.4, -0.2) is 27.5 Å². The molecule has 5 heteroatoms. The molecule has 1 heterocycles. The molecule has 1 aliphatic carbocycles. The Labute approximate surface area is 212 Å². The molecule has 0 aliphatic heterocycles. The fourth-order valence-electron chi connectivity index (χ4n) is 5.51. The first-order chi connectivity index (χ1) is 17.7. The van der Waals surface area contributed by atoms with Crippen molar-refractivity contribution in [2.45, 2.75) is 50.5 Å². The van der Waals surface area contributed by atoms with Crippen molar-refractivity contribution in [2.75, 3.05) is 6.61 Å². The number of hydrogen-bond donors (Lipinski definition) is 1. The summed E-state index contributed by atoms with van der Waals surface area (Å²) in [5.41, 5.74) is 6.24. The SMILES string of the molecule is O=C(O)COc1cccc2c1CCCC2CCCn1cc(C(c2ccccc2)c2ccccc2)cn1. The zero-order valence-corrected chi connectivity index (χ0v) is 20.4. The Balaban J connectivity index is 1.26. The monoisotopic (exact) mass is 480 g/mol. The quantitative estimate of drug-likeness (QED) is 0.284. The number of aromatic nitrogens is 2. The highest BCUT2D eigenvalue weighted by atomic mass is 16.5. The number of carboxylic acid groups (broad SMARTS) is 1. The molecule has 4 aromatic rings. The molecule has 1 atom stereocenters. The summed E-state index contributed by atoms with van der Waals surface area (Å²) in [5.74, 6) is 0.415. The van der Waals surface area contributed by atoms with Gasteiger partial charge in [-0.05, 0) is 66.3 Å². The van der Waals surface area contributed by atoms with Gasteiger partial charge in [-0.3, -0.25) is 4.68 Å². The smallest absolute Gasteiger partial charge is 0.341 e. The molecule has 0 spiro atoms. The highest BCUT2D eigenvalue weighted by Gasteiger charge is 2.23. The van der Waals surface area contributed by atoms with Crippen LogP contribution in [0.2, 0.25) is 0 Å². The van der Waals surface area contributed by atoms with Crippen molar-refractivity contribution in [3.63, 3.8) is 0 Å². The third-order valence-corrected chi connectivity index (χ3v) is 7.13. The minimum Gasteiger partial charge on any atom is -0.482 e. The van der Waals surface area contributed by atoms with E-state index in [1.807, 2.05) is 18.3 Å². The van der Waals surface area contributed by atoms with Crippen LogP contribution < -0.4 is 4.74 Å². The number of ether oxygens (including phenoxy) is 1. The standard InChI is InChI=1S/C31H32N2O3/c34-30(35)22-36-29-18-8-16-27-23(14-7-17-28(27)29)15-9-19-33-21-26(20-32-33)31(24-10-3-1-4-11-24)25-12-5-2-6-13-25/h1-6,8,10-13,16,18,20-21,23,31H,7,9,14-15,17,19,22H2,(H,34,35). The van der Waals surface area contributed by atoms with Crippen LogP contribution in [0.15, 0.2) is 91.3 Å². The molecule has 1 aromatic heterocycles. The minimum atomic E-state index is -0.944. The molecule has 0 saturated carbocycles. The normalized spacial score (nSPS) is 15.0. The fourth-order valence-corrected chi connectivity index (χ4v) is 5.51. The summed E-state index contributed by atoms with van der Waals surface area (Å²) in [5, 5.41) is 13.7. The summed E-state index contributed by atoms with van der Waals surface area (Å²) in [7, 11) is 0. The molecule has 0 radical (unpaired) electrons. The van der Waals surface area contributed by atoms with E-state index in [1.165, 1.54) is 27.8 Å². The molecule has 0 saturated heterocycles. The van der Waals surface area contributed by atoms with Crippen LogP contribution in [0, 0.1) is 0 Å². The van der Waals surface area contributed by atoms with Crippen LogP contribution >= 0.6 is 0 Å². The fraction of sp³-hybridized carbons (Fsp3) is 0.290. The van der Waals surface area contributed by atoms with Gasteiger partial charge in [-0.2, -0.15) is 5.10 Å². The molecular weight excluding hydrogens is 448 g/mol. The van der Waals surface area contributed by atoms with E-state index in [-0.39, 0.29) is 12.5 Å². The third kappa shape index (κ3) is 5.51. The number of aliphatic carboxylic acids is 1. The van der Waals surface area contributed by atoms with Gasteiger partial charge in [0, 0.05) is 24.2 Å². The molecule has 0 amide bonds. The van der Waals surface area contributed by atoms with Crippen LogP contribution in [0.1, 0.15) is 65.3 Å². The summed E-state index contributed by atoms with van der Waals surface area (Å²) < 4.78 is 7.65. The molecule has 1 N–H and O–H groups in total. The zero-order chi connectivity index (χ0) is 24.7. The van der Waals surface area contributed by atoms with Gasteiger partial charge in [0.15, 0.2) is 6.61 Å². The predicted molar refractivity (Wildman–Crippen MR) is 141 cm³/mol. The maximum absolute atomic E-state index is 11.0. The van der Waals surface area contributed by atoms with E-state index in [0.29, 0.717) is 5.92 Å². The van der Waals surface area contributed by atoms with E-state index in [0.717, 1.165) is 44.4 Å². The van der Waals surface area contributed by atoms with Crippen molar-refractivity contribution >= 4 is 5.97 Å². The van der Waals surface area contributed by atoms with Crippen molar-refractivity contribution < 1.29 is 14.6 Å². The van der Waals surface area contributed by atoms with Gasteiger partial charge >= 0.3 is 5.97 Å². The van der Waals surface area contributed by atoms with Gasteiger partial charge in [-0.15, -0.1) is 0 Å². The molecule has 184 valence electrons. The summed E-state index contributed by atoms with van der Waals surface area (Å²) in [6, 6.07) is 27.3. The number of rotatable bonds is 10. The van der Waals surface area contributed by atoms with E-state index in [9.17, 15) is 4.79 Å². The van der Waals surface area contributed by atoms with E-state index in [2.05, 4.69) is 77.6 Å². The number of carbonyl (C=O) groups is 1. The van der Waals surface area contributed by atoms with Crippen LogP contribution in [0.3, 0.4) is 0 Å². The topological polar surface area (TPSA) is 64.3 Å². The number of fused-ring (bicyclic) bond motifs is 1. The van der Waals surface area contributed by atoms with Gasteiger partial charge < -0.3 is 9.84 Å². The van der Waals surface area contributed by atoms with Crippen LogP contribution in [0.25, 0.3) is 0 Å². The predicted octanol–water partition coefficient (Wildman–Crippen LogP) is 6.43. The van der Waals surface area contributed by atoms with Gasteiger partial charge in [0.25, 0.3) is 0 Å². The summed E-state index contributed by atoms with van der Waals surface area (Å²) in [4.78, 5) is 11.0. The van der Waals surface area contributed by atoms with Crippen LogP contribution in [-0.2, 0) is 17.8 Å². The third-order valence-electron chi connectivity index (χ3n) is 7.13. The Morgan fingerprint density at radius 3 is 2.39 bits per heavy atom. The van der Waals surface area contributed by atoms with E-state index in [4.69, 9.17) is 14.9 Å². The van der Waals surface area contributed by atoms with Gasteiger partial charge in [0.1, 0.15) is 5.75 Å². The summed E-state index contributed by atoms with van der Waals surface area (Å²) >= 11 is 0. The lowest BCUT2D eigenvalue weighted by Crippen LogP contribution is -2.15. The lowest BCUT2D eigenvalue weighted by Gasteiger charge is -2.27. The summed E-state index contributed by atoms with van der Waals surface area (Å²) in [6.07, 6.45) is 9.52. The Hall–Kier alpha value is -3.86. The molecule has 0 fully saturated rings. The lowest BCUT2D eigenvalue weighted by atomic mass is 9.80. The van der Waals surface area contributed by atoms with Crippen molar-refractivity contribution in [3.05, 3.63) is 119 Å². The molecule has 0 bridgehead atoms. The molecule has 1 aliphatic rings. The molecular formula is C31H32N2O3. The van der Waals surface area contributed by atoms with Gasteiger partial charge in [-0.25, -0.2) is 4.79 Å². The maximum atomic E-state index is 11.0. The maximum Gasteiger partial charge on any atom is 0.341 e. The van der Waals surface area contributed by atoms with E-state index in [1.54, 1.807) is 0 Å². The van der Waals surface area contributed by atoms with Gasteiger partial charge in [0.05, 0.1) is 6.20 Å². The molecule has 1 unspecified atom stereocenters. The number of aryl methyl sites for hydroxylation is 1. The highest BCUT2D eigenvalue weighted by Crippen LogP contribution is 2.39. The zero-order valence-electron chi connectivity index (χ0n) is 20.4. The highest BCUT2D eigenvalue weighted by molar-refractivity contribution is 5.68. The van der Waals surface area contributed by atoms with Gasteiger partial charge in [-0.1, -0.05) is 72.8 Å². The molecule has 36 heavy (non-hydrogen) atoms. The van der Waals surface area contributed by atoms with Crippen molar-refractivity contribution in [3.8, 4) is 5.75 Å². The minimum absolute atomic E-state index is 0.163. The number of nitrogens with zero attached hydrogens (tertiary/aromatic N) is 2. The number of benzene rings is 3. The number of carboxylic acids is 1. The molecule has 3 aromatic carbocycles. The average molecular weight is 481 g/mol. The first kappa shape index (κ1) is 23.9. The van der Waals surface area contributed by atoms with Crippen LogP contribution in [0.5, 0.6) is 5.75 Å². The average Bonchev–Trinajstić information content (AvgIpc) is 3.37. The first-order valence-corrected chi connectivity index (χ1v) is 12.8. The Morgan fingerprint density at radius 1 is 0.972 bits per heavy atom. The second-order valence-electron chi connectivity index (χ2n) is 9.53. The Morgan fingerprint density at radius 2 is 1.69 bits per heavy atom. The molecule has 5 nitrogen and oxygen atoms in total. The Bertz CT molecular complexity index is 1240.